The Morgan fingerprint density at radius 1 is 1.18 bits per heavy atom. The number of benzene rings is 1. The van der Waals surface area contributed by atoms with Gasteiger partial charge in [0.25, 0.3) is 0 Å². The van der Waals surface area contributed by atoms with Crippen LogP contribution in [0.25, 0.3) is 0 Å². The Hall–Kier alpha value is -0.820. The lowest BCUT2D eigenvalue weighted by molar-refractivity contribution is 0.176. The van der Waals surface area contributed by atoms with Gasteiger partial charge in [-0.1, -0.05) is 37.6 Å². The molecule has 2 rings (SSSR count). The Morgan fingerprint density at radius 3 is 2.47 bits per heavy atom. The fourth-order valence-corrected chi connectivity index (χ4v) is 3.26. The van der Waals surface area contributed by atoms with Gasteiger partial charge in [0.05, 0.1) is 0 Å². The maximum absolute atomic E-state index is 6.68. The monoisotopic (exact) mass is 231 g/mol. The van der Waals surface area contributed by atoms with Crippen LogP contribution in [-0.4, -0.2) is 0 Å². The fraction of sp³-hybridized carbons (Fsp3) is 0.625. The van der Waals surface area contributed by atoms with Crippen LogP contribution in [0.2, 0.25) is 0 Å². The normalized spacial score (nSPS) is 33.7. The van der Waals surface area contributed by atoms with E-state index >= 15 is 0 Å². The highest BCUT2D eigenvalue weighted by Crippen LogP contribution is 2.41. The van der Waals surface area contributed by atoms with Gasteiger partial charge in [-0.3, -0.25) is 0 Å². The molecule has 2 N–H and O–H groups in total. The molecule has 0 amide bonds. The van der Waals surface area contributed by atoms with Crippen LogP contribution in [0.1, 0.15) is 49.8 Å². The molecule has 1 aliphatic rings. The largest absolute Gasteiger partial charge is 0.321 e. The van der Waals surface area contributed by atoms with E-state index in [-0.39, 0.29) is 5.54 Å². The summed E-state index contributed by atoms with van der Waals surface area (Å²) in [4.78, 5) is 0. The molecule has 0 heterocycles. The highest BCUT2D eigenvalue weighted by atomic mass is 14.8. The molecule has 1 aromatic carbocycles. The van der Waals surface area contributed by atoms with Gasteiger partial charge < -0.3 is 5.73 Å². The summed E-state index contributed by atoms with van der Waals surface area (Å²) in [6, 6.07) is 6.69. The first-order chi connectivity index (χ1) is 7.92. The number of hydrogen-bond donors (Lipinski definition) is 1. The first-order valence-corrected chi connectivity index (χ1v) is 6.79. The first kappa shape index (κ1) is 12.6. The SMILES string of the molecule is Cc1ccc(C2(N)CCC(C)C(C)C2)c(C)c1. The van der Waals surface area contributed by atoms with Gasteiger partial charge in [0.2, 0.25) is 0 Å². The van der Waals surface area contributed by atoms with Crippen LogP contribution < -0.4 is 5.73 Å². The van der Waals surface area contributed by atoms with Crippen LogP contribution in [0.5, 0.6) is 0 Å². The summed E-state index contributed by atoms with van der Waals surface area (Å²) in [6.45, 7) is 9.03. The second kappa shape index (κ2) is 4.45. The topological polar surface area (TPSA) is 26.0 Å². The molecule has 0 radical (unpaired) electrons. The predicted octanol–water partition coefficient (Wildman–Crippen LogP) is 3.91. The van der Waals surface area contributed by atoms with Gasteiger partial charge in [-0.2, -0.15) is 0 Å². The van der Waals surface area contributed by atoms with Crippen LogP contribution >= 0.6 is 0 Å². The number of hydrogen-bond acceptors (Lipinski definition) is 1. The third-order valence-corrected chi connectivity index (χ3v) is 4.62. The fourth-order valence-electron chi connectivity index (χ4n) is 3.26. The molecule has 94 valence electrons. The van der Waals surface area contributed by atoms with Crippen LogP contribution in [0.15, 0.2) is 18.2 Å². The van der Waals surface area contributed by atoms with E-state index in [1.165, 1.54) is 23.1 Å². The minimum absolute atomic E-state index is 0.0935. The summed E-state index contributed by atoms with van der Waals surface area (Å²) >= 11 is 0. The van der Waals surface area contributed by atoms with Gasteiger partial charge in [0, 0.05) is 5.54 Å². The number of aryl methyl sites for hydroxylation is 2. The van der Waals surface area contributed by atoms with Crippen molar-refractivity contribution < 1.29 is 0 Å². The smallest absolute Gasteiger partial charge is 0.0415 e. The van der Waals surface area contributed by atoms with Gasteiger partial charge in [-0.25, -0.2) is 0 Å². The Labute approximate surface area is 105 Å². The molecule has 0 aromatic heterocycles. The molecule has 0 bridgehead atoms. The van der Waals surface area contributed by atoms with E-state index in [1.54, 1.807) is 0 Å². The lowest BCUT2D eigenvalue weighted by Crippen LogP contribution is -2.43. The third-order valence-electron chi connectivity index (χ3n) is 4.62. The number of nitrogens with two attached hydrogens (primary N) is 1. The second-order valence-corrected chi connectivity index (χ2v) is 6.17. The summed E-state index contributed by atoms with van der Waals surface area (Å²) in [7, 11) is 0. The minimum Gasteiger partial charge on any atom is -0.321 e. The maximum atomic E-state index is 6.68. The van der Waals surface area contributed by atoms with Crippen molar-refractivity contribution in [2.45, 2.75) is 52.5 Å². The first-order valence-electron chi connectivity index (χ1n) is 6.79. The zero-order chi connectivity index (χ0) is 12.6. The van der Waals surface area contributed by atoms with Gasteiger partial charge >= 0.3 is 0 Å². The molecule has 3 atom stereocenters. The Kier molecular flexibility index (Phi) is 3.31. The van der Waals surface area contributed by atoms with Gasteiger partial charge in [-0.15, -0.1) is 0 Å². The van der Waals surface area contributed by atoms with E-state index in [4.69, 9.17) is 5.73 Å². The second-order valence-electron chi connectivity index (χ2n) is 6.17. The van der Waals surface area contributed by atoms with Crippen LogP contribution in [0.3, 0.4) is 0 Å². The van der Waals surface area contributed by atoms with E-state index in [0.29, 0.717) is 0 Å². The van der Waals surface area contributed by atoms with E-state index in [2.05, 4.69) is 45.9 Å². The van der Waals surface area contributed by atoms with Crippen molar-refractivity contribution in [3.8, 4) is 0 Å². The lowest BCUT2D eigenvalue weighted by Gasteiger charge is -2.41. The van der Waals surface area contributed by atoms with Crippen molar-refractivity contribution in [1.82, 2.24) is 0 Å². The van der Waals surface area contributed by atoms with Crippen molar-refractivity contribution in [1.29, 1.82) is 0 Å². The number of rotatable bonds is 1. The third kappa shape index (κ3) is 2.40. The van der Waals surface area contributed by atoms with E-state index < -0.39 is 0 Å². The highest BCUT2D eigenvalue weighted by molar-refractivity contribution is 5.36. The molecule has 1 aliphatic carbocycles. The van der Waals surface area contributed by atoms with Gasteiger partial charge in [-0.05, 0) is 56.1 Å². The summed E-state index contributed by atoms with van der Waals surface area (Å²) in [5, 5.41) is 0. The van der Waals surface area contributed by atoms with Crippen molar-refractivity contribution >= 4 is 0 Å². The van der Waals surface area contributed by atoms with E-state index in [9.17, 15) is 0 Å². The summed E-state index contributed by atoms with van der Waals surface area (Å²) in [6.07, 6.45) is 3.51. The van der Waals surface area contributed by atoms with Crippen molar-refractivity contribution in [3.63, 3.8) is 0 Å². The zero-order valence-corrected chi connectivity index (χ0v) is 11.6. The Bertz CT molecular complexity index is 410. The molecular formula is C16H25N. The summed E-state index contributed by atoms with van der Waals surface area (Å²) in [5.41, 5.74) is 10.6. The lowest BCUT2D eigenvalue weighted by atomic mass is 9.68. The highest BCUT2D eigenvalue weighted by Gasteiger charge is 2.36. The summed E-state index contributed by atoms with van der Waals surface area (Å²) < 4.78 is 0. The van der Waals surface area contributed by atoms with Crippen LogP contribution in [0.4, 0.5) is 0 Å². The van der Waals surface area contributed by atoms with Gasteiger partial charge in [0.1, 0.15) is 0 Å². The van der Waals surface area contributed by atoms with E-state index in [0.717, 1.165) is 24.7 Å². The van der Waals surface area contributed by atoms with Crippen molar-refractivity contribution in [3.05, 3.63) is 34.9 Å². The molecule has 0 spiro atoms. The Morgan fingerprint density at radius 2 is 1.88 bits per heavy atom. The zero-order valence-electron chi connectivity index (χ0n) is 11.6. The molecule has 0 aliphatic heterocycles. The van der Waals surface area contributed by atoms with Crippen molar-refractivity contribution in [2.75, 3.05) is 0 Å². The molecular weight excluding hydrogens is 206 g/mol. The molecule has 0 saturated heterocycles. The molecule has 1 nitrogen and oxygen atoms in total. The molecule has 1 saturated carbocycles. The van der Waals surface area contributed by atoms with E-state index in [1.807, 2.05) is 0 Å². The average Bonchev–Trinajstić information content (AvgIpc) is 2.24. The molecule has 1 heteroatoms. The average molecular weight is 231 g/mol. The molecule has 3 unspecified atom stereocenters. The molecule has 1 fully saturated rings. The standard InChI is InChI=1S/C16H25N/c1-11-5-6-15(13(3)9-11)16(17)8-7-12(2)14(4)10-16/h5-6,9,12,14H,7-8,10,17H2,1-4H3. The predicted molar refractivity (Wildman–Crippen MR) is 74.0 cm³/mol. The molecule has 17 heavy (non-hydrogen) atoms. The summed E-state index contributed by atoms with van der Waals surface area (Å²) in [5.74, 6) is 1.55. The molecule has 1 aromatic rings. The van der Waals surface area contributed by atoms with Crippen LogP contribution in [-0.2, 0) is 5.54 Å². The van der Waals surface area contributed by atoms with Crippen molar-refractivity contribution in [2.24, 2.45) is 17.6 Å². The quantitative estimate of drug-likeness (QED) is 0.779. The van der Waals surface area contributed by atoms with Crippen LogP contribution in [0, 0.1) is 25.7 Å². The maximum Gasteiger partial charge on any atom is 0.0415 e. The minimum atomic E-state index is -0.0935. The Balaban J connectivity index is 2.32. The van der Waals surface area contributed by atoms with Gasteiger partial charge in [0.15, 0.2) is 0 Å².